The van der Waals surface area contributed by atoms with E-state index in [1.54, 1.807) is 6.20 Å². The van der Waals surface area contributed by atoms with Crippen LogP contribution >= 0.6 is 0 Å². The van der Waals surface area contributed by atoms with Gasteiger partial charge in [-0.2, -0.15) is 0 Å². The summed E-state index contributed by atoms with van der Waals surface area (Å²) in [5.41, 5.74) is 3.35. The van der Waals surface area contributed by atoms with Crippen LogP contribution in [0, 0.1) is 12.8 Å². The summed E-state index contributed by atoms with van der Waals surface area (Å²) in [4.78, 5) is 31.9. The van der Waals surface area contributed by atoms with Gasteiger partial charge in [0.05, 0.1) is 0 Å². The van der Waals surface area contributed by atoms with E-state index < -0.39 is 0 Å². The molecule has 0 spiro atoms. The van der Waals surface area contributed by atoms with Crippen molar-refractivity contribution in [2.75, 3.05) is 18.4 Å². The van der Waals surface area contributed by atoms with Crippen molar-refractivity contribution < 1.29 is 9.59 Å². The van der Waals surface area contributed by atoms with Crippen molar-refractivity contribution >= 4 is 17.6 Å². The van der Waals surface area contributed by atoms with E-state index in [1.165, 1.54) is 0 Å². The van der Waals surface area contributed by atoms with Crippen LogP contribution < -0.4 is 5.32 Å². The maximum Gasteiger partial charge on any atom is 0.228 e. The Morgan fingerprint density at radius 3 is 2.12 bits per heavy atom. The predicted molar refractivity (Wildman–Crippen MR) is 126 cm³/mol. The molecule has 4 rings (SSSR count). The van der Waals surface area contributed by atoms with Crippen LogP contribution in [0.15, 0.2) is 79.0 Å². The van der Waals surface area contributed by atoms with E-state index in [-0.39, 0.29) is 23.7 Å². The number of anilines is 1. The van der Waals surface area contributed by atoms with Gasteiger partial charge < -0.3 is 10.2 Å². The second kappa shape index (κ2) is 10.2. The second-order valence-corrected chi connectivity index (χ2v) is 8.44. The summed E-state index contributed by atoms with van der Waals surface area (Å²) in [6, 6.07) is 24.2. The minimum absolute atomic E-state index is 0.0124. The Kier molecular flexibility index (Phi) is 6.95. The van der Waals surface area contributed by atoms with Gasteiger partial charge in [-0.1, -0.05) is 60.7 Å². The molecule has 0 unspecified atom stereocenters. The van der Waals surface area contributed by atoms with Crippen molar-refractivity contribution in [2.24, 2.45) is 5.92 Å². The number of hydrogen-bond donors (Lipinski definition) is 1. The number of carbonyl (C=O) groups excluding carboxylic acids is 2. The Morgan fingerprint density at radius 1 is 0.969 bits per heavy atom. The summed E-state index contributed by atoms with van der Waals surface area (Å²) >= 11 is 0. The van der Waals surface area contributed by atoms with Crippen LogP contribution in [0.4, 0.5) is 5.82 Å². The van der Waals surface area contributed by atoms with Crippen LogP contribution in [0.5, 0.6) is 0 Å². The molecule has 0 radical (unpaired) electrons. The summed E-state index contributed by atoms with van der Waals surface area (Å²) in [6.45, 7) is 3.18. The lowest BCUT2D eigenvalue weighted by Gasteiger charge is -2.32. The van der Waals surface area contributed by atoms with E-state index in [4.69, 9.17) is 0 Å². The first-order valence-electron chi connectivity index (χ1n) is 11.2. The molecular weight excluding hydrogens is 398 g/mol. The van der Waals surface area contributed by atoms with Gasteiger partial charge in [0.15, 0.2) is 0 Å². The highest BCUT2D eigenvalue weighted by Crippen LogP contribution is 2.29. The fourth-order valence-corrected chi connectivity index (χ4v) is 4.33. The molecule has 5 heteroatoms. The van der Waals surface area contributed by atoms with Gasteiger partial charge in [0.2, 0.25) is 11.8 Å². The minimum atomic E-state index is -0.0968. The number of nitrogens with one attached hydrogen (secondary N) is 1. The maximum atomic E-state index is 13.2. The fourth-order valence-electron chi connectivity index (χ4n) is 4.33. The largest absolute Gasteiger partial charge is 0.343 e. The zero-order valence-electron chi connectivity index (χ0n) is 18.4. The van der Waals surface area contributed by atoms with Crippen molar-refractivity contribution in [3.05, 3.63) is 95.7 Å². The van der Waals surface area contributed by atoms with Gasteiger partial charge in [0, 0.05) is 37.5 Å². The van der Waals surface area contributed by atoms with E-state index in [0.29, 0.717) is 38.2 Å². The number of aryl methyl sites for hydroxylation is 1. The highest BCUT2D eigenvalue weighted by Gasteiger charge is 2.29. The minimum Gasteiger partial charge on any atom is -0.343 e. The zero-order chi connectivity index (χ0) is 22.3. The summed E-state index contributed by atoms with van der Waals surface area (Å²) in [5.74, 6) is 0.643. The van der Waals surface area contributed by atoms with E-state index in [2.05, 4.69) is 34.6 Å². The molecule has 2 amide bonds. The summed E-state index contributed by atoms with van der Waals surface area (Å²) in [7, 11) is 0. The SMILES string of the molecule is Cc1ccnc(NC(=O)C2CCN(C(=O)CC(c3ccccc3)c3ccccc3)CC2)c1. The number of carbonyl (C=O) groups is 2. The van der Waals surface area contributed by atoms with E-state index in [0.717, 1.165) is 16.7 Å². The predicted octanol–water partition coefficient (Wildman–Crippen LogP) is 4.79. The monoisotopic (exact) mass is 427 g/mol. The quantitative estimate of drug-likeness (QED) is 0.615. The molecule has 32 heavy (non-hydrogen) atoms. The molecular formula is C27H29N3O2. The van der Waals surface area contributed by atoms with E-state index >= 15 is 0 Å². The number of likely N-dealkylation sites (tertiary alicyclic amines) is 1. The van der Waals surface area contributed by atoms with Crippen molar-refractivity contribution in [3.8, 4) is 0 Å². The Balaban J connectivity index is 1.36. The number of rotatable bonds is 6. The van der Waals surface area contributed by atoms with Gasteiger partial charge >= 0.3 is 0 Å². The highest BCUT2D eigenvalue weighted by molar-refractivity contribution is 5.92. The fraction of sp³-hybridized carbons (Fsp3) is 0.296. The normalized spacial score (nSPS) is 14.4. The molecule has 0 aliphatic carbocycles. The topological polar surface area (TPSA) is 62.3 Å². The second-order valence-electron chi connectivity index (χ2n) is 8.44. The molecule has 0 bridgehead atoms. The molecule has 2 aromatic carbocycles. The maximum absolute atomic E-state index is 13.2. The van der Waals surface area contributed by atoms with Crippen LogP contribution in [0.3, 0.4) is 0 Å². The summed E-state index contributed by atoms with van der Waals surface area (Å²) in [6.07, 6.45) is 3.47. The zero-order valence-corrected chi connectivity index (χ0v) is 18.4. The van der Waals surface area contributed by atoms with Crippen LogP contribution in [0.2, 0.25) is 0 Å². The lowest BCUT2D eigenvalue weighted by atomic mass is 9.87. The highest BCUT2D eigenvalue weighted by atomic mass is 16.2. The van der Waals surface area contributed by atoms with Crippen LogP contribution in [0.25, 0.3) is 0 Å². The Bertz CT molecular complexity index is 1010. The van der Waals surface area contributed by atoms with Crippen LogP contribution in [-0.4, -0.2) is 34.8 Å². The number of aromatic nitrogens is 1. The number of pyridine rings is 1. The first-order valence-corrected chi connectivity index (χ1v) is 11.2. The third-order valence-electron chi connectivity index (χ3n) is 6.17. The molecule has 3 aromatic rings. The Hall–Kier alpha value is -3.47. The van der Waals surface area contributed by atoms with Gasteiger partial charge in [0.1, 0.15) is 5.82 Å². The lowest BCUT2D eigenvalue weighted by Crippen LogP contribution is -2.42. The molecule has 0 atom stereocenters. The first-order chi connectivity index (χ1) is 15.6. The van der Waals surface area contributed by atoms with E-state index in [9.17, 15) is 9.59 Å². The van der Waals surface area contributed by atoms with Crippen LogP contribution in [0.1, 0.15) is 41.9 Å². The lowest BCUT2D eigenvalue weighted by molar-refractivity contribution is -0.134. The van der Waals surface area contributed by atoms with Gasteiger partial charge in [-0.3, -0.25) is 9.59 Å². The molecule has 164 valence electrons. The third-order valence-corrected chi connectivity index (χ3v) is 6.17. The van der Waals surface area contributed by atoms with Gasteiger partial charge in [-0.15, -0.1) is 0 Å². The molecule has 5 nitrogen and oxygen atoms in total. The Labute approximate surface area is 189 Å². The average molecular weight is 428 g/mol. The molecule has 1 fully saturated rings. The van der Waals surface area contributed by atoms with Crippen molar-refractivity contribution in [3.63, 3.8) is 0 Å². The molecule has 0 saturated carbocycles. The van der Waals surface area contributed by atoms with Gasteiger partial charge in [0.25, 0.3) is 0 Å². The van der Waals surface area contributed by atoms with Crippen molar-refractivity contribution in [2.45, 2.75) is 32.1 Å². The van der Waals surface area contributed by atoms with Crippen molar-refractivity contribution in [1.82, 2.24) is 9.88 Å². The van der Waals surface area contributed by atoms with Gasteiger partial charge in [-0.25, -0.2) is 4.98 Å². The van der Waals surface area contributed by atoms with E-state index in [1.807, 2.05) is 60.4 Å². The first kappa shape index (κ1) is 21.8. The number of hydrogen-bond acceptors (Lipinski definition) is 3. The van der Waals surface area contributed by atoms with Gasteiger partial charge in [-0.05, 0) is 48.6 Å². The number of amides is 2. The molecule has 2 heterocycles. The number of benzene rings is 2. The smallest absolute Gasteiger partial charge is 0.228 e. The molecule has 1 N–H and O–H groups in total. The molecule has 1 aliphatic heterocycles. The van der Waals surface area contributed by atoms with Crippen LogP contribution in [-0.2, 0) is 9.59 Å². The summed E-state index contributed by atoms with van der Waals surface area (Å²) in [5, 5.41) is 2.92. The standard InChI is InChI=1S/C27H29N3O2/c1-20-12-15-28-25(18-20)29-27(32)23-13-16-30(17-14-23)26(31)19-24(21-8-4-2-5-9-21)22-10-6-3-7-11-22/h2-12,15,18,23-24H,13-14,16-17,19H2,1H3,(H,28,29,32). The molecule has 1 saturated heterocycles. The average Bonchev–Trinajstić information content (AvgIpc) is 2.83. The number of nitrogens with zero attached hydrogens (tertiary/aromatic N) is 2. The Morgan fingerprint density at radius 2 is 1.56 bits per heavy atom. The van der Waals surface area contributed by atoms with Crippen molar-refractivity contribution in [1.29, 1.82) is 0 Å². The summed E-state index contributed by atoms with van der Waals surface area (Å²) < 4.78 is 0. The number of piperidine rings is 1. The molecule has 1 aliphatic rings. The molecule has 1 aromatic heterocycles. The third kappa shape index (κ3) is 5.41.